The number of nitrogens with one attached hydrogen (secondary N) is 1. The molecule has 164 valence electrons. The molecule has 0 bridgehead atoms. The monoisotopic (exact) mass is 443 g/mol. The number of ketones is 2. The van der Waals surface area contributed by atoms with E-state index in [0.717, 1.165) is 16.7 Å². The van der Waals surface area contributed by atoms with Crippen molar-refractivity contribution >= 4 is 29.1 Å². The summed E-state index contributed by atoms with van der Waals surface area (Å²) in [6.07, 6.45) is 3.13. The molecular formula is C23H26ClN3O4. The van der Waals surface area contributed by atoms with Gasteiger partial charge in [-0.05, 0) is 49.6 Å². The summed E-state index contributed by atoms with van der Waals surface area (Å²) in [6, 6.07) is 3.59. The van der Waals surface area contributed by atoms with Crippen molar-refractivity contribution < 1.29 is 19.1 Å². The predicted octanol–water partition coefficient (Wildman–Crippen LogP) is 3.20. The minimum atomic E-state index is -0.839. The Labute approximate surface area is 186 Å². The number of carbonyl (C=O) groups is 3. The van der Waals surface area contributed by atoms with Gasteiger partial charge in [0.15, 0.2) is 11.6 Å². The Kier molecular flexibility index (Phi) is 7.18. The molecular weight excluding hydrogens is 418 g/mol. The highest BCUT2D eigenvalue weighted by Gasteiger charge is 2.44. The Hall–Kier alpha value is -2.64. The quantitative estimate of drug-likeness (QED) is 0.660. The zero-order chi connectivity index (χ0) is 22.7. The Morgan fingerprint density at radius 1 is 1.23 bits per heavy atom. The normalized spacial score (nSPS) is 19.5. The average molecular weight is 444 g/mol. The summed E-state index contributed by atoms with van der Waals surface area (Å²) in [5, 5.41) is 3.25. The molecule has 1 aromatic heterocycles. The molecule has 3 atom stereocenters. The molecule has 0 radical (unpaired) electrons. The van der Waals surface area contributed by atoms with Gasteiger partial charge in [0.05, 0.1) is 11.6 Å². The first-order valence-electron chi connectivity index (χ1n) is 10.1. The van der Waals surface area contributed by atoms with E-state index in [0.29, 0.717) is 23.0 Å². The number of hydrogen-bond donors (Lipinski definition) is 1. The van der Waals surface area contributed by atoms with Gasteiger partial charge in [-0.3, -0.25) is 14.4 Å². The summed E-state index contributed by atoms with van der Waals surface area (Å²) in [4.78, 5) is 46.6. The van der Waals surface area contributed by atoms with Crippen molar-refractivity contribution in [2.75, 3.05) is 13.7 Å². The molecule has 31 heavy (non-hydrogen) atoms. The number of aromatic nitrogens is 2. The second-order valence-electron chi connectivity index (χ2n) is 8.08. The molecule has 0 aliphatic heterocycles. The van der Waals surface area contributed by atoms with Gasteiger partial charge in [0.25, 0.3) is 0 Å². The molecule has 2 aromatic rings. The van der Waals surface area contributed by atoms with Gasteiger partial charge < -0.3 is 10.1 Å². The summed E-state index contributed by atoms with van der Waals surface area (Å²) in [5.74, 6) is -1.51. The number of methoxy groups -OCH3 is 1. The molecule has 0 saturated heterocycles. The number of carbonyl (C=O) groups excluding carboxylic acids is 3. The number of amides is 1. The number of benzene rings is 1. The lowest BCUT2D eigenvalue weighted by Gasteiger charge is -2.17. The van der Waals surface area contributed by atoms with E-state index in [-0.39, 0.29) is 36.4 Å². The molecule has 1 N–H and O–H groups in total. The molecule has 1 aliphatic carbocycles. The maximum atomic E-state index is 13.1. The number of ether oxygens (including phenoxy) is 1. The molecule has 1 amide bonds. The molecule has 7 nitrogen and oxygen atoms in total. The molecule has 8 heteroatoms. The lowest BCUT2D eigenvalue weighted by molar-refractivity contribution is -0.129. The minimum absolute atomic E-state index is 0.00389. The lowest BCUT2D eigenvalue weighted by Crippen LogP contribution is -2.37. The number of Topliss-reactive ketones (excluding diaryl/α,β-unsaturated/α-hetero) is 2. The Bertz CT molecular complexity index is 983. The summed E-state index contributed by atoms with van der Waals surface area (Å²) in [5.41, 5.74) is 3.14. The van der Waals surface area contributed by atoms with Crippen molar-refractivity contribution in [2.45, 2.75) is 45.6 Å². The molecule has 1 aliphatic rings. The third-order valence-electron chi connectivity index (χ3n) is 5.47. The van der Waals surface area contributed by atoms with Crippen LogP contribution in [0.1, 0.15) is 42.4 Å². The lowest BCUT2D eigenvalue weighted by atomic mass is 9.86. The first-order valence-corrected chi connectivity index (χ1v) is 10.5. The van der Waals surface area contributed by atoms with Crippen LogP contribution in [0, 0.1) is 19.8 Å². The highest BCUT2D eigenvalue weighted by molar-refractivity contribution is 6.30. The van der Waals surface area contributed by atoms with Crippen LogP contribution >= 0.6 is 11.6 Å². The summed E-state index contributed by atoms with van der Waals surface area (Å²) < 4.78 is 5.01. The molecule has 0 spiro atoms. The van der Waals surface area contributed by atoms with Gasteiger partial charge in [-0.25, -0.2) is 9.97 Å². The number of aryl methyl sites for hydroxylation is 2. The van der Waals surface area contributed by atoms with Crippen LogP contribution in [-0.2, 0) is 19.1 Å². The van der Waals surface area contributed by atoms with Gasteiger partial charge in [0, 0.05) is 49.9 Å². The van der Waals surface area contributed by atoms with E-state index in [9.17, 15) is 14.4 Å². The van der Waals surface area contributed by atoms with E-state index in [1.54, 1.807) is 7.11 Å². The van der Waals surface area contributed by atoms with Gasteiger partial charge in [-0.15, -0.1) is 0 Å². The molecule has 3 rings (SSSR count). The van der Waals surface area contributed by atoms with Crippen molar-refractivity contribution in [3.63, 3.8) is 0 Å². The van der Waals surface area contributed by atoms with E-state index >= 15 is 0 Å². The smallest absolute Gasteiger partial charge is 0.221 e. The maximum absolute atomic E-state index is 13.1. The number of nitrogens with zero attached hydrogens (tertiary/aromatic N) is 2. The van der Waals surface area contributed by atoms with Crippen LogP contribution < -0.4 is 5.32 Å². The van der Waals surface area contributed by atoms with Crippen LogP contribution in [0.25, 0.3) is 11.4 Å². The van der Waals surface area contributed by atoms with E-state index in [2.05, 4.69) is 15.3 Å². The fourth-order valence-electron chi connectivity index (χ4n) is 4.20. The highest BCUT2D eigenvalue weighted by atomic mass is 35.5. The van der Waals surface area contributed by atoms with Gasteiger partial charge in [0.2, 0.25) is 5.91 Å². The van der Waals surface area contributed by atoms with E-state index in [1.807, 2.05) is 32.9 Å². The first kappa shape index (κ1) is 23.0. The number of halogens is 1. The zero-order valence-corrected chi connectivity index (χ0v) is 18.8. The van der Waals surface area contributed by atoms with Crippen molar-refractivity contribution in [3.8, 4) is 11.4 Å². The predicted molar refractivity (Wildman–Crippen MR) is 117 cm³/mol. The molecule has 1 aromatic carbocycles. The molecule has 1 saturated carbocycles. The average Bonchev–Trinajstić information content (AvgIpc) is 2.95. The van der Waals surface area contributed by atoms with Crippen LogP contribution in [0.3, 0.4) is 0 Å². The van der Waals surface area contributed by atoms with Crippen LogP contribution in [0.5, 0.6) is 0 Å². The van der Waals surface area contributed by atoms with Gasteiger partial charge >= 0.3 is 0 Å². The standard InChI is InChI=1S/C23H26ClN3O4/c1-12-5-16(23-25-9-17(24)10-26-23)6-13(2)20(12)21-18(28)7-15(22(21)30)8-19(29)27-14(3)11-31-4/h5-6,9-10,14-15,21H,7-8,11H2,1-4H3,(H,27,29). The first-order chi connectivity index (χ1) is 14.7. The number of rotatable bonds is 7. The zero-order valence-electron chi connectivity index (χ0n) is 18.1. The van der Waals surface area contributed by atoms with E-state index in [1.165, 1.54) is 12.4 Å². The van der Waals surface area contributed by atoms with Gasteiger partial charge in [0.1, 0.15) is 11.7 Å². The summed E-state index contributed by atoms with van der Waals surface area (Å²) in [6.45, 7) is 5.95. The van der Waals surface area contributed by atoms with Crippen molar-refractivity contribution in [2.24, 2.45) is 5.92 Å². The highest BCUT2D eigenvalue weighted by Crippen LogP contribution is 2.38. The van der Waals surface area contributed by atoms with Crippen molar-refractivity contribution in [1.29, 1.82) is 0 Å². The Morgan fingerprint density at radius 3 is 2.42 bits per heavy atom. The Morgan fingerprint density at radius 2 is 1.84 bits per heavy atom. The van der Waals surface area contributed by atoms with E-state index < -0.39 is 11.8 Å². The number of hydrogen-bond acceptors (Lipinski definition) is 6. The van der Waals surface area contributed by atoms with Gasteiger partial charge in [-0.1, -0.05) is 11.6 Å². The SMILES string of the molecule is COCC(C)NC(=O)CC1CC(=O)C(c2c(C)cc(-c3ncc(Cl)cn3)cc2C)C1=O. The third kappa shape index (κ3) is 5.17. The van der Waals surface area contributed by atoms with Gasteiger partial charge in [-0.2, -0.15) is 0 Å². The fraction of sp³-hybridized carbons (Fsp3) is 0.435. The summed E-state index contributed by atoms with van der Waals surface area (Å²) in [7, 11) is 1.56. The van der Waals surface area contributed by atoms with Crippen LogP contribution in [0.4, 0.5) is 0 Å². The van der Waals surface area contributed by atoms with Crippen LogP contribution in [0.15, 0.2) is 24.5 Å². The van der Waals surface area contributed by atoms with Crippen LogP contribution in [-0.4, -0.2) is 47.2 Å². The van der Waals surface area contributed by atoms with Crippen molar-refractivity contribution in [3.05, 3.63) is 46.2 Å². The topological polar surface area (TPSA) is 98.2 Å². The van der Waals surface area contributed by atoms with Crippen LogP contribution in [0.2, 0.25) is 5.02 Å². The molecule has 1 heterocycles. The largest absolute Gasteiger partial charge is 0.383 e. The summed E-state index contributed by atoms with van der Waals surface area (Å²) >= 11 is 5.86. The third-order valence-corrected chi connectivity index (χ3v) is 5.67. The second-order valence-corrected chi connectivity index (χ2v) is 8.52. The van der Waals surface area contributed by atoms with E-state index in [4.69, 9.17) is 16.3 Å². The van der Waals surface area contributed by atoms with Crippen molar-refractivity contribution in [1.82, 2.24) is 15.3 Å². The fourth-order valence-corrected chi connectivity index (χ4v) is 4.30. The molecule has 1 fully saturated rings. The maximum Gasteiger partial charge on any atom is 0.221 e. The Balaban J connectivity index is 1.81. The molecule has 3 unspecified atom stereocenters. The second kappa shape index (κ2) is 9.66. The minimum Gasteiger partial charge on any atom is -0.383 e.